The van der Waals surface area contributed by atoms with E-state index in [4.69, 9.17) is 15.2 Å². The number of ether oxygens (including phenoxy) is 2. The van der Waals surface area contributed by atoms with E-state index in [0.29, 0.717) is 23.4 Å². The molecule has 25 heavy (non-hydrogen) atoms. The van der Waals surface area contributed by atoms with Gasteiger partial charge in [0.15, 0.2) is 12.1 Å². The Balaban J connectivity index is 1.97. The van der Waals surface area contributed by atoms with Gasteiger partial charge in [0, 0.05) is 11.6 Å². The fraction of sp³-hybridized carbons (Fsp3) is 0.176. The van der Waals surface area contributed by atoms with Crippen LogP contribution < -0.4 is 20.5 Å². The largest absolute Gasteiger partial charge is 0.496 e. The Morgan fingerprint density at radius 2 is 1.92 bits per heavy atom. The molecule has 3 aromatic rings. The van der Waals surface area contributed by atoms with E-state index in [0.717, 1.165) is 21.1 Å². The van der Waals surface area contributed by atoms with Crippen molar-refractivity contribution in [2.75, 3.05) is 19.5 Å². The van der Waals surface area contributed by atoms with Crippen molar-refractivity contribution < 1.29 is 9.47 Å². The molecule has 1 aromatic heterocycles. The molecule has 0 unspecified atom stereocenters. The first-order valence-electron chi connectivity index (χ1n) is 7.61. The first kappa shape index (κ1) is 15.8. The average Bonchev–Trinajstić information content (AvgIpc) is 2.98. The summed E-state index contributed by atoms with van der Waals surface area (Å²) in [5.74, 6) is 2.30. The average molecular weight is 402 g/mol. The predicted octanol–water partition coefficient (Wildman–Crippen LogP) is 3.10. The minimum atomic E-state index is -0.402. The number of rotatable bonds is 3. The molecule has 3 N–H and O–H groups in total. The Morgan fingerprint density at radius 3 is 2.68 bits per heavy atom. The van der Waals surface area contributed by atoms with E-state index >= 15 is 0 Å². The Morgan fingerprint density at radius 1 is 1.16 bits per heavy atom. The van der Waals surface area contributed by atoms with E-state index < -0.39 is 6.17 Å². The van der Waals surface area contributed by atoms with Crippen LogP contribution in [-0.2, 0) is 0 Å². The third kappa shape index (κ3) is 2.49. The number of hydrogen-bond acceptors (Lipinski definition) is 6. The van der Waals surface area contributed by atoms with E-state index in [1.807, 2.05) is 41.0 Å². The van der Waals surface area contributed by atoms with Crippen LogP contribution in [0.15, 0.2) is 45.9 Å². The summed E-state index contributed by atoms with van der Waals surface area (Å²) >= 11 is 3.53. The maximum absolute atomic E-state index is 5.99. The molecular weight excluding hydrogens is 386 g/mol. The van der Waals surface area contributed by atoms with Crippen LogP contribution in [0, 0.1) is 0 Å². The summed E-state index contributed by atoms with van der Waals surface area (Å²) in [6, 6.07) is 11.6. The van der Waals surface area contributed by atoms with Crippen LogP contribution in [-0.4, -0.2) is 29.7 Å². The van der Waals surface area contributed by atoms with E-state index in [1.165, 1.54) is 0 Å². The number of nitrogens with zero attached hydrogens (tertiary/aromatic N) is 3. The summed E-state index contributed by atoms with van der Waals surface area (Å²) in [6.45, 7) is 0. The quantitative estimate of drug-likeness (QED) is 0.703. The van der Waals surface area contributed by atoms with Crippen molar-refractivity contribution >= 4 is 38.9 Å². The maximum Gasteiger partial charge on any atom is 0.212 e. The zero-order valence-corrected chi connectivity index (χ0v) is 15.2. The number of para-hydroxylation sites is 2. The van der Waals surface area contributed by atoms with Gasteiger partial charge in [-0.05, 0) is 34.1 Å². The molecule has 0 radical (unpaired) electrons. The molecule has 1 aliphatic heterocycles. The van der Waals surface area contributed by atoms with Crippen molar-refractivity contribution in [3.05, 3.63) is 46.4 Å². The van der Waals surface area contributed by atoms with Crippen LogP contribution in [0.5, 0.6) is 11.5 Å². The molecule has 128 valence electrons. The second-order valence-electron chi connectivity index (χ2n) is 5.54. The molecule has 2 heterocycles. The zero-order valence-electron chi connectivity index (χ0n) is 13.7. The third-order valence-corrected chi connectivity index (χ3v) is 4.74. The first-order chi connectivity index (χ1) is 12.1. The number of fused-ring (bicyclic) bond motifs is 3. The summed E-state index contributed by atoms with van der Waals surface area (Å²) in [7, 11) is 3.23. The number of methoxy groups -OCH3 is 2. The number of guanidine groups is 1. The smallest absolute Gasteiger partial charge is 0.212 e. The van der Waals surface area contributed by atoms with Crippen molar-refractivity contribution in [1.82, 2.24) is 9.55 Å². The van der Waals surface area contributed by atoms with Crippen LogP contribution >= 0.6 is 15.9 Å². The fourth-order valence-corrected chi connectivity index (χ4v) is 3.53. The molecular formula is C17H16BrN5O2. The van der Waals surface area contributed by atoms with E-state index in [9.17, 15) is 0 Å². The molecule has 0 saturated carbocycles. The molecule has 4 rings (SSSR count). The number of nitrogens with two attached hydrogens (primary N) is 1. The highest BCUT2D eigenvalue weighted by atomic mass is 79.9. The predicted molar refractivity (Wildman–Crippen MR) is 100 cm³/mol. The normalized spacial score (nSPS) is 16.1. The number of nitrogens with one attached hydrogen (secondary N) is 1. The monoisotopic (exact) mass is 401 g/mol. The standard InChI is InChI=1S/C17H16BrN5O2/c1-24-13-8-14(25-2)10(18)7-9(13)15-21-16(19)22-17-20-11-5-3-4-6-12(11)23(15)17/h3-8,15H,1-2H3,(H3,19,20,21,22)/t15-/m0/s1. The van der Waals surface area contributed by atoms with Crippen LogP contribution in [0.2, 0.25) is 0 Å². The van der Waals surface area contributed by atoms with Gasteiger partial charge in [-0.25, -0.2) is 9.98 Å². The number of benzene rings is 2. The lowest BCUT2D eigenvalue weighted by atomic mass is 10.1. The van der Waals surface area contributed by atoms with Gasteiger partial charge in [0.05, 0.1) is 29.7 Å². The lowest BCUT2D eigenvalue weighted by Gasteiger charge is -2.25. The number of aliphatic imine (C=N–C) groups is 1. The number of anilines is 1. The van der Waals surface area contributed by atoms with Gasteiger partial charge in [0.1, 0.15) is 11.5 Å². The van der Waals surface area contributed by atoms with Gasteiger partial charge in [-0.2, -0.15) is 0 Å². The van der Waals surface area contributed by atoms with Gasteiger partial charge in [0.25, 0.3) is 0 Å². The highest BCUT2D eigenvalue weighted by molar-refractivity contribution is 9.10. The molecule has 0 aliphatic carbocycles. The molecule has 0 bridgehead atoms. The van der Waals surface area contributed by atoms with Crippen molar-refractivity contribution in [3.63, 3.8) is 0 Å². The van der Waals surface area contributed by atoms with Crippen LogP contribution in [0.4, 0.5) is 5.95 Å². The molecule has 2 aromatic carbocycles. The molecule has 0 saturated heterocycles. The van der Waals surface area contributed by atoms with Gasteiger partial charge in [0.2, 0.25) is 5.95 Å². The second kappa shape index (κ2) is 5.96. The highest BCUT2D eigenvalue weighted by Crippen LogP contribution is 2.40. The topological polar surface area (TPSA) is 86.7 Å². The number of imidazole rings is 1. The third-order valence-electron chi connectivity index (χ3n) is 4.12. The van der Waals surface area contributed by atoms with Crippen molar-refractivity contribution in [2.24, 2.45) is 10.7 Å². The molecule has 1 atom stereocenters. The molecule has 7 nitrogen and oxygen atoms in total. The Bertz CT molecular complexity index is 998. The van der Waals surface area contributed by atoms with Gasteiger partial charge in [-0.1, -0.05) is 12.1 Å². The summed E-state index contributed by atoms with van der Waals surface area (Å²) in [4.78, 5) is 9.19. The van der Waals surface area contributed by atoms with E-state index in [2.05, 4.69) is 31.2 Å². The summed E-state index contributed by atoms with van der Waals surface area (Å²) in [5.41, 5.74) is 8.67. The Kier molecular flexibility index (Phi) is 3.76. The molecule has 0 fully saturated rings. The number of hydrogen-bond donors (Lipinski definition) is 2. The number of halogens is 1. The number of aromatic nitrogens is 2. The lowest BCUT2D eigenvalue weighted by molar-refractivity contribution is 0.385. The molecule has 0 spiro atoms. The van der Waals surface area contributed by atoms with Gasteiger partial charge in [-0.3, -0.25) is 9.88 Å². The van der Waals surface area contributed by atoms with Crippen molar-refractivity contribution in [1.29, 1.82) is 0 Å². The minimum Gasteiger partial charge on any atom is -0.496 e. The Hall–Kier alpha value is -2.74. The molecule has 8 heteroatoms. The summed E-state index contributed by atoms with van der Waals surface area (Å²) < 4.78 is 13.7. The van der Waals surface area contributed by atoms with Crippen LogP contribution in [0.3, 0.4) is 0 Å². The van der Waals surface area contributed by atoms with Crippen LogP contribution in [0.1, 0.15) is 11.7 Å². The summed E-state index contributed by atoms with van der Waals surface area (Å²) in [5, 5.41) is 3.03. The first-order valence-corrected chi connectivity index (χ1v) is 8.40. The van der Waals surface area contributed by atoms with Crippen molar-refractivity contribution in [3.8, 4) is 11.5 Å². The van der Waals surface area contributed by atoms with Gasteiger partial charge < -0.3 is 15.2 Å². The van der Waals surface area contributed by atoms with Crippen molar-refractivity contribution in [2.45, 2.75) is 6.17 Å². The van der Waals surface area contributed by atoms with Gasteiger partial charge >= 0.3 is 0 Å². The van der Waals surface area contributed by atoms with E-state index in [-0.39, 0.29) is 0 Å². The Labute approximate surface area is 152 Å². The maximum atomic E-state index is 5.99. The molecule has 0 amide bonds. The molecule has 1 aliphatic rings. The zero-order chi connectivity index (χ0) is 17.6. The summed E-state index contributed by atoms with van der Waals surface area (Å²) in [6.07, 6.45) is -0.402. The lowest BCUT2D eigenvalue weighted by Crippen LogP contribution is -2.31. The second-order valence-corrected chi connectivity index (χ2v) is 6.39. The SMILES string of the molecule is COc1cc(OC)c([C@H]2N=C(N)Nc3nc4ccccc4n32)cc1Br. The fourth-order valence-electron chi connectivity index (χ4n) is 3.01. The van der Waals surface area contributed by atoms with Gasteiger partial charge in [-0.15, -0.1) is 0 Å². The highest BCUT2D eigenvalue weighted by Gasteiger charge is 2.28. The minimum absolute atomic E-state index is 0.307. The van der Waals surface area contributed by atoms with E-state index in [1.54, 1.807) is 14.2 Å². The van der Waals surface area contributed by atoms with Crippen LogP contribution in [0.25, 0.3) is 11.0 Å².